The van der Waals surface area contributed by atoms with E-state index in [2.05, 4.69) is 20.7 Å². The largest absolute Gasteiger partial charge is 0.469 e. The Morgan fingerprint density at radius 1 is 1.44 bits per heavy atom. The van der Waals surface area contributed by atoms with Gasteiger partial charge < -0.3 is 9.53 Å². The first kappa shape index (κ1) is 12.9. The highest BCUT2D eigenvalue weighted by Crippen LogP contribution is 2.23. The number of esters is 1. The molecule has 1 aromatic carbocycles. The first-order valence-corrected chi connectivity index (χ1v) is 5.75. The average Bonchev–Trinajstić information content (AvgIpc) is 2.30. The Kier molecular flexibility index (Phi) is 5.19. The normalized spacial score (nSPS) is 9.88. The van der Waals surface area contributed by atoms with Crippen molar-refractivity contribution in [1.29, 1.82) is 0 Å². The second-order valence-electron chi connectivity index (χ2n) is 3.35. The number of carbonyl (C=O) groups is 2. The first-order valence-electron chi connectivity index (χ1n) is 4.95. The molecule has 0 spiro atoms. The number of aldehydes is 1. The van der Waals surface area contributed by atoms with Crippen LogP contribution in [0, 0.1) is 0 Å². The number of hydrogen-bond donors (Lipinski definition) is 0. The van der Waals surface area contributed by atoms with Crippen molar-refractivity contribution >= 4 is 28.2 Å². The molecule has 3 nitrogen and oxygen atoms in total. The minimum atomic E-state index is -0.270. The number of rotatable bonds is 5. The predicted octanol–water partition coefficient (Wildman–Crippen LogP) is 2.30. The van der Waals surface area contributed by atoms with E-state index >= 15 is 0 Å². The molecule has 86 valence electrons. The van der Waals surface area contributed by atoms with E-state index in [0.717, 1.165) is 21.9 Å². The lowest BCUT2D eigenvalue weighted by Gasteiger charge is -2.07. The third-order valence-corrected chi connectivity index (χ3v) is 3.27. The fourth-order valence-electron chi connectivity index (χ4n) is 1.40. The van der Waals surface area contributed by atoms with Gasteiger partial charge in [0.25, 0.3) is 0 Å². The minimum absolute atomic E-state index is 0.242. The van der Waals surface area contributed by atoms with E-state index in [1.54, 1.807) is 0 Å². The highest BCUT2D eigenvalue weighted by Gasteiger charge is 2.09. The van der Waals surface area contributed by atoms with E-state index in [0.29, 0.717) is 12.8 Å². The molecule has 0 aliphatic carbocycles. The highest BCUT2D eigenvalue weighted by molar-refractivity contribution is 9.10. The number of ether oxygens (including phenoxy) is 1. The zero-order chi connectivity index (χ0) is 12.0. The average molecular weight is 285 g/mol. The van der Waals surface area contributed by atoms with Gasteiger partial charge in [-0.15, -0.1) is 0 Å². The topological polar surface area (TPSA) is 43.4 Å². The zero-order valence-electron chi connectivity index (χ0n) is 9.03. The van der Waals surface area contributed by atoms with Crippen molar-refractivity contribution in [2.45, 2.75) is 19.3 Å². The molecule has 0 amide bonds. The summed E-state index contributed by atoms with van der Waals surface area (Å²) in [6, 6.07) is 5.68. The molecule has 0 aromatic heterocycles. The number of hydrogen-bond acceptors (Lipinski definition) is 3. The number of carbonyl (C=O) groups excluding carboxylic acids is 2. The Hall–Kier alpha value is -1.16. The summed E-state index contributed by atoms with van der Waals surface area (Å²) in [6.45, 7) is 0. The maximum absolute atomic E-state index is 11.2. The molecule has 0 radical (unpaired) electrons. The lowest BCUT2D eigenvalue weighted by molar-refractivity contribution is -0.139. The SMILES string of the molecule is COC(=O)Cc1cccc(CCC=O)c1Br. The molecule has 0 saturated heterocycles. The molecular formula is C12H13BrO3. The van der Waals surface area contributed by atoms with Crippen LogP contribution in [0.5, 0.6) is 0 Å². The van der Waals surface area contributed by atoms with Gasteiger partial charge in [-0.25, -0.2) is 0 Å². The van der Waals surface area contributed by atoms with Crippen molar-refractivity contribution in [3.05, 3.63) is 33.8 Å². The molecular weight excluding hydrogens is 272 g/mol. The molecule has 0 fully saturated rings. The third kappa shape index (κ3) is 3.45. The number of halogens is 1. The summed E-state index contributed by atoms with van der Waals surface area (Å²) in [5.74, 6) is -0.270. The van der Waals surface area contributed by atoms with Gasteiger partial charge in [0, 0.05) is 10.9 Å². The summed E-state index contributed by atoms with van der Waals surface area (Å²) in [5.41, 5.74) is 1.92. The molecule has 0 N–H and O–H groups in total. The van der Waals surface area contributed by atoms with Crippen molar-refractivity contribution < 1.29 is 14.3 Å². The number of benzene rings is 1. The lowest BCUT2D eigenvalue weighted by atomic mass is 10.0. The van der Waals surface area contributed by atoms with Crippen LogP contribution in [-0.2, 0) is 27.2 Å². The third-order valence-electron chi connectivity index (χ3n) is 2.25. The number of methoxy groups -OCH3 is 1. The summed E-state index contributed by atoms with van der Waals surface area (Å²) in [6.07, 6.45) is 2.30. The van der Waals surface area contributed by atoms with Crippen molar-refractivity contribution in [2.75, 3.05) is 7.11 Å². The van der Waals surface area contributed by atoms with Gasteiger partial charge in [0.05, 0.1) is 13.5 Å². The van der Waals surface area contributed by atoms with Gasteiger partial charge in [-0.2, -0.15) is 0 Å². The Morgan fingerprint density at radius 2 is 2.12 bits per heavy atom. The quantitative estimate of drug-likeness (QED) is 0.616. The van der Waals surface area contributed by atoms with Gasteiger partial charge >= 0.3 is 5.97 Å². The molecule has 0 saturated carbocycles. The van der Waals surface area contributed by atoms with Gasteiger partial charge in [-0.1, -0.05) is 34.1 Å². The molecule has 0 bridgehead atoms. The molecule has 0 aliphatic heterocycles. The Balaban J connectivity index is 2.85. The van der Waals surface area contributed by atoms with Gasteiger partial charge in [-0.3, -0.25) is 4.79 Å². The second-order valence-corrected chi connectivity index (χ2v) is 4.14. The van der Waals surface area contributed by atoms with Gasteiger partial charge in [0.15, 0.2) is 0 Å². The van der Waals surface area contributed by atoms with Gasteiger partial charge in [-0.05, 0) is 17.5 Å². The van der Waals surface area contributed by atoms with Crippen LogP contribution in [0.3, 0.4) is 0 Å². The van der Waals surface area contributed by atoms with Crippen molar-refractivity contribution in [2.24, 2.45) is 0 Å². The molecule has 4 heteroatoms. The lowest BCUT2D eigenvalue weighted by Crippen LogP contribution is -2.05. The van der Waals surface area contributed by atoms with Crippen molar-refractivity contribution in [1.82, 2.24) is 0 Å². The molecule has 0 heterocycles. The summed E-state index contributed by atoms with van der Waals surface area (Å²) in [7, 11) is 1.37. The zero-order valence-corrected chi connectivity index (χ0v) is 10.6. The van der Waals surface area contributed by atoms with Crippen LogP contribution in [0.15, 0.2) is 22.7 Å². The van der Waals surface area contributed by atoms with E-state index < -0.39 is 0 Å². The Bertz CT molecular complexity index is 388. The Morgan fingerprint density at radius 3 is 2.75 bits per heavy atom. The summed E-state index contributed by atoms with van der Waals surface area (Å²) >= 11 is 3.45. The van der Waals surface area contributed by atoms with Crippen LogP contribution < -0.4 is 0 Å². The van der Waals surface area contributed by atoms with E-state index in [-0.39, 0.29) is 12.4 Å². The predicted molar refractivity (Wildman–Crippen MR) is 64.2 cm³/mol. The maximum atomic E-state index is 11.2. The van der Waals surface area contributed by atoms with Crippen LogP contribution in [-0.4, -0.2) is 19.4 Å². The minimum Gasteiger partial charge on any atom is -0.469 e. The van der Waals surface area contributed by atoms with Gasteiger partial charge in [0.1, 0.15) is 6.29 Å². The number of aryl methyl sites for hydroxylation is 1. The van der Waals surface area contributed by atoms with E-state index in [9.17, 15) is 9.59 Å². The summed E-state index contributed by atoms with van der Waals surface area (Å²) < 4.78 is 5.51. The smallest absolute Gasteiger partial charge is 0.310 e. The van der Waals surface area contributed by atoms with Crippen molar-refractivity contribution in [3.8, 4) is 0 Å². The van der Waals surface area contributed by atoms with Crippen LogP contribution in [0.25, 0.3) is 0 Å². The van der Waals surface area contributed by atoms with Crippen LogP contribution >= 0.6 is 15.9 Å². The first-order chi connectivity index (χ1) is 7.69. The second kappa shape index (κ2) is 6.43. The molecule has 0 unspecified atom stereocenters. The summed E-state index contributed by atoms with van der Waals surface area (Å²) in [5, 5.41) is 0. The fourth-order valence-corrected chi connectivity index (χ4v) is 2.01. The van der Waals surface area contributed by atoms with E-state index in [1.807, 2.05) is 18.2 Å². The molecule has 1 aromatic rings. The highest BCUT2D eigenvalue weighted by atomic mass is 79.9. The van der Waals surface area contributed by atoms with Crippen LogP contribution in [0.4, 0.5) is 0 Å². The molecule has 0 aliphatic rings. The standard InChI is InChI=1S/C12H13BrO3/c1-16-11(15)8-10-5-2-4-9(12(10)13)6-3-7-14/h2,4-5,7H,3,6,8H2,1H3. The fraction of sp³-hybridized carbons (Fsp3) is 0.333. The van der Waals surface area contributed by atoms with E-state index in [1.165, 1.54) is 7.11 Å². The van der Waals surface area contributed by atoms with Crippen molar-refractivity contribution in [3.63, 3.8) is 0 Å². The Labute approximate surface area is 103 Å². The maximum Gasteiger partial charge on any atom is 0.310 e. The van der Waals surface area contributed by atoms with E-state index in [4.69, 9.17) is 0 Å². The molecule has 16 heavy (non-hydrogen) atoms. The molecule has 1 rings (SSSR count). The van der Waals surface area contributed by atoms with Crippen LogP contribution in [0.1, 0.15) is 17.5 Å². The van der Waals surface area contributed by atoms with Crippen LogP contribution in [0.2, 0.25) is 0 Å². The molecule has 0 atom stereocenters. The summed E-state index contributed by atoms with van der Waals surface area (Å²) in [4.78, 5) is 21.5. The monoisotopic (exact) mass is 284 g/mol. The van der Waals surface area contributed by atoms with Gasteiger partial charge in [0.2, 0.25) is 0 Å².